The van der Waals surface area contributed by atoms with Gasteiger partial charge in [-0.3, -0.25) is 0 Å². The molecule has 0 aromatic rings. The predicted molar refractivity (Wildman–Crippen MR) is 51.0 cm³/mol. The lowest BCUT2D eigenvalue weighted by Gasteiger charge is -2.12. The van der Waals surface area contributed by atoms with E-state index in [1.54, 1.807) is 0 Å². The first-order chi connectivity index (χ1) is 5.76. The van der Waals surface area contributed by atoms with Crippen molar-refractivity contribution in [1.82, 2.24) is 0 Å². The Bertz CT molecular complexity index is 130. The van der Waals surface area contributed by atoms with Crippen molar-refractivity contribution < 1.29 is 10.2 Å². The monoisotopic (exact) mass is 172 g/mol. The Hall–Kier alpha value is -0.340. The summed E-state index contributed by atoms with van der Waals surface area (Å²) >= 11 is 0. The molecule has 2 nitrogen and oxygen atoms in total. The molecule has 0 bridgehead atoms. The molecule has 2 N–H and O–H groups in total. The van der Waals surface area contributed by atoms with Crippen LogP contribution >= 0.6 is 0 Å². The summed E-state index contributed by atoms with van der Waals surface area (Å²) in [7, 11) is 0. The number of rotatable bonds is 6. The van der Waals surface area contributed by atoms with Gasteiger partial charge in [0.1, 0.15) is 0 Å². The molecular weight excluding hydrogens is 152 g/mol. The summed E-state index contributed by atoms with van der Waals surface area (Å²) in [5.41, 5.74) is 1.08. The van der Waals surface area contributed by atoms with E-state index in [0.29, 0.717) is 6.42 Å². The molecule has 1 unspecified atom stereocenters. The third-order valence-corrected chi connectivity index (χ3v) is 1.84. The first-order valence-corrected chi connectivity index (χ1v) is 4.74. The third-order valence-electron chi connectivity index (χ3n) is 1.84. The molecule has 0 aliphatic rings. The first kappa shape index (κ1) is 11.7. The van der Waals surface area contributed by atoms with Crippen LogP contribution in [0.3, 0.4) is 0 Å². The lowest BCUT2D eigenvalue weighted by molar-refractivity contribution is 0.157. The van der Waals surface area contributed by atoms with E-state index in [9.17, 15) is 5.11 Å². The minimum atomic E-state index is -0.435. The summed E-state index contributed by atoms with van der Waals surface area (Å²) in [4.78, 5) is 0. The fourth-order valence-corrected chi connectivity index (χ4v) is 1.26. The molecule has 0 aliphatic heterocycles. The predicted octanol–water partition coefficient (Wildman–Crippen LogP) is 1.87. The maximum absolute atomic E-state index is 9.54. The van der Waals surface area contributed by atoms with Crippen LogP contribution in [0.25, 0.3) is 0 Å². The van der Waals surface area contributed by atoms with E-state index in [1.165, 1.54) is 0 Å². The van der Waals surface area contributed by atoms with Crippen molar-refractivity contribution in [2.24, 2.45) is 0 Å². The van der Waals surface area contributed by atoms with Crippen molar-refractivity contribution in [1.29, 1.82) is 0 Å². The van der Waals surface area contributed by atoms with Gasteiger partial charge in [0.05, 0.1) is 6.10 Å². The van der Waals surface area contributed by atoms with Crippen molar-refractivity contribution in [3.63, 3.8) is 0 Å². The smallest absolute Gasteiger partial charge is 0.0771 e. The fourth-order valence-electron chi connectivity index (χ4n) is 1.26. The molecule has 72 valence electrons. The van der Waals surface area contributed by atoms with Gasteiger partial charge in [-0.25, -0.2) is 0 Å². The highest BCUT2D eigenvalue weighted by molar-refractivity contribution is 5.07. The summed E-state index contributed by atoms with van der Waals surface area (Å²) < 4.78 is 0. The zero-order chi connectivity index (χ0) is 9.40. The SMILES string of the molecule is CCC=C(CCC)C(O)CCO. The maximum atomic E-state index is 9.54. The molecule has 0 rings (SSSR count). The van der Waals surface area contributed by atoms with E-state index in [1.807, 2.05) is 0 Å². The quantitative estimate of drug-likeness (QED) is 0.600. The van der Waals surface area contributed by atoms with Crippen LogP contribution in [0.15, 0.2) is 11.6 Å². The Morgan fingerprint density at radius 2 is 2.08 bits per heavy atom. The summed E-state index contributed by atoms with van der Waals surface area (Å²) in [5.74, 6) is 0. The lowest BCUT2D eigenvalue weighted by Crippen LogP contribution is -2.12. The van der Waals surface area contributed by atoms with Gasteiger partial charge < -0.3 is 10.2 Å². The Balaban J connectivity index is 3.99. The molecule has 2 heteroatoms. The van der Waals surface area contributed by atoms with Gasteiger partial charge in [0.2, 0.25) is 0 Å². The molecule has 0 saturated carbocycles. The van der Waals surface area contributed by atoms with Crippen LogP contribution in [-0.2, 0) is 0 Å². The van der Waals surface area contributed by atoms with E-state index in [-0.39, 0.29) is 6.61 Å². The Morgan fingerprint density at radius 1 is 1.42 bits per heavy atom. The molecule has 0 radical (unpaired) electrons. The van der Waals surface area contributed by atoms with Gasteiger partial charge in [0.25, 0.3) is 0 Å². The fraction of sp³-hybridized carbons (Fsp3) is 0.800. The number of allylic oxidation sites excluding steroid dienone is 1. The molecule has 0 fully saturated rings. The lowest BCUT2D eigenvalue weighted by atomic mass is 10.0. The second-order valence-corrected chi connectivity index (χ2v) is 2.97. The Kier molecular flexibility index (Phi) is 7.11. The number of aliphatic hydroxyl groups excluding tert-OH is 2. The molecule has 0 amide bonds. The summed E-state index contributed by atoms with van der Waals surface area (Å²) in [6.45, 7) is 4.21. The molecule has 0 aliphatic carbocycles. The largest absolute Gasteiger partial charge is 0.396 e. The number of hydrogen-bond donors (Lipinski definition) is 2. The van der Waals surface area contributed by atoms with E-state index in [2.05, 4.69) is 19.9 Å². The van der Waals surface area contributed by atoms with E-state index < -0.39 is 6.10 Å². The van der Waals surface area contributed by atoms with Crippen molar-refractivity contribution in [3.8, 4) is 0 Å². The second kappa shape index (κ2) is 7.32. The van der Waals surface area contributed by atoms with Crippen molar-refractivity contribution in [3.05, 3.63) is 11.6 Å². The minimum absolute atomic E-state index is 0.0614. The van der Waals surface area contributed by atoms with Crippen LogP contribution in [0, 0.1) is 0 Å². The van der Waals surface area contributed by atoms with Crippen LogP contribution in [-0.4, -0.2) is 22.9 Å². The van der Waals surface area contributed by atoms with Gasteiger partial charge >= 0.3 is 0 Å². The second-order valence-electron chi connectivity index (χ2n) is 2.97. The average Bonchev–Trinajstić information content (AvgIpc) is 2.04. The highest BCUT2D eigenvalue weighted by Crippen LogP contribution is 2.13. The average molecular weight is 172 g/mol. The van der Waals surface area contributed by atoms with Gasteiger partial charge in [-0.15, -0.1) is 0 Å². The van der Waals surface area contributed by atoms with Crippen LogP contribution in [0.5, 0.6) is 0 Å². The van der Waals surface area contributed by atoms with E-state index >= 15 is 0 Å². The van der Waals surface area contributed by atoms with Gasteiger partial charge in [-0.1, -0.05) is 26.3 Å². The molecule has 0 aromatic carbocycles. The van der Waals surface area contributed by atoms with Gasteiger partial charge in [0.15, 0.2) is 0 Å². The molecule has 1 atom stereocenters. The number of hydrogen-bond acceptors (Lipinski definition) is 2. The van der Waals surface area contributed by atoms with Crippen molar-refractivity contribution in [2.75, 3.05) is 6.61 Å². The zero-order valence-electron chi connectivity index (χ0n) is 8.08. The zero-order valence-corrected chi connectivity index (χ0v) is 8.08. The topological polar surface area (TPSA) is 40.5 Å². The van der Waals surface area contributed by atoms with Crippen LogP contribution in [0.2, 0.25) is 0 Å². The molecule has 0 spiro atoms. The van der Waals surface area contributed by atoms with Crippen LogP contribution < -0.4 is 0 Å². The van der Waals surface area contributed by atoms with Gasteiger partial charge in [-0.2, -0.15) is 0 Å². The van der Waals surface area contributed by atoms with E-state index in [4.69, 9.17) is 5.11 Å². The molecule has 0 heterocycles. The molecular formula is C10H20O2. The summed E-state index contributed by atoms with van der Waals surface area (Å²) in [6.07, 6.45) is 5.03. The maximum Gasteiger partial charge on any atom is 0.0771 e. The highest BCUT2D eigenvalue weighted by Gasteiger charge is 2.07. The Morgan fingerprint density at radius 3 is 2.50 bits per heavy atom. The van der Waals surface area contributed by atoms with E-state index in [0.717, 1.165) is 24.8 Å². The standard InChI is InChI=1S/C10H20O2/c1-3-5-9(6-4-2)10(12)7-8-11/h5,10-12H,3-4,6-8H2,1-2H3. The molecule has 0 aromatic heterocycles. The summed E-state index contributed by atoms with van der Waals surface area (Å²) in [5, 5.41) is 18.2. The van der Waals surface area contributed by atoms with Crippen LogP contribution in [0.4, 0.5) is 0 Å². The third kappa shape index (κ3) is 4.52. The van der Waals surface area contributed by atoms with Gasteiger partial charge in [-0.05, 0) is 18.4 Å². The first-order valence-electron chi connectivity index (χ1n) is 4.74. The summed E-state index contributed by atoms with van der Waals surface area (Å²) in [6, 6.07) is 0. The van der Waals surface area contributed by atoms with Gasteiger partial charge in [0, 0.05) is 13.0 Å². The Labute approximate surface area is 74.9 Å². The van der Waals surface area contributed by atoms with Crippen molar-refractivity contribution >= 4 is 0 Å². The van der Waals surface area contributed by atoms with Crippen molar-refractivity contribution in [2.45, 2.75) is 45.6 Å². The normalized spacial score (nSPS) is 14.8. The number of aliphatic hydroxyl groups is 2. The molecule has 12 heavy (non-hydrogen) atoms. The highest BCUT2D eigenvalue weighted by atomic mass is 16.3. The van der Waals surface area contributed by atoms with Crippen LogP contribution in [0.1, 0.15) is 39.5 Å². The minimum Gasteiger partial charge on any atom is -0.396 e. The molecule has 0 saturated heterocycles.